The van der Waals surface area contributed by atoms with E-state index in [1.54, 1.807) is 5.70 Å². The van der Waals surface area contributed by atoms with Crippen LogP contribution >= 0.6 is 0 Å². The van der Waals surface area contributed by atoms with Crippen LogP contribution in [0.2, 0.25) is 0 Å². The lowest BCUT2D eigenvalue weighted by Crippen LogP contribution is -2.41. The third-order valence-electron chi connectivity index (χ3n) is 14.5. The van der Waals surface area contributed by atoms with Crippen molar-refractivity contribution in [1.29, 1.82) is 0 Å². The molecule has 0 bridgehead atoms. The van der Waals surface area contributed by atoms with Crippen LogP contribution in [0, 0.1) is 5.92 Å². The SMILES string of the molecule is CC1C=C(c2ccccc2)CCC1N(C1=CC=C(C2=CCC(N(C3=CC=CCC3)C3C=CC(c4ccc(-c5ccccc5)cc4)=CC3)C=C2)CC1)C1=CCC(c2ccccc2)CC1. The maximum absolute atomic E-state index is 2.82. The van der Waals surface area contributed by atoms with Crippen LogP contribution in [0.25, 0.3) is 22.3 Å². The molecule has 0 amide bonds. The molecule has 0 saturated carbocycles. The zero-order valence-electron chi connectivity index (χ0n) is 37.0. The quantitative estimate of drug-likeness (QED) is 0.149. The zero-order chi connectivity index (χ0) is 42.4. The van der Waals surface area contributed by atoms with Crippen LogP contribution in [-0.4, -0.2) is 27.9 Å². The van der Waals surface area contributed by atoms with Crippen LogP contribution in [-0.2, 0) is 0 Å². The van der Waals surface area contributed by atoms with Crippen molar-refractivity contribution in [3.8, 4) is 11.1 Å². The van der Waals surface area contributed by atoms with Crippen LogP contribution in [0.3, 0.4) is 0 Å². The van der Waals surface area contributed by atoms with Crippen molar-refractivity contribution in [2.45, 2.75) is 102 Å². The molecule has 2 heteroatoms. The Bertz CT molecular complexity index is 2550. The molecule has 0 heterocycles. The molecular formula is C61H62N2. The molecule has 6 aliphatic rings. The Labute approximate surface area is 377 Å². The third-order valence-corrected chi connectivity index (χ3v) is 14.5. The van der Waals surface area contributed by atoms with Gasteiger partial charge in [0.25, 0.3) is 0 Å². The van der Waals surface area contributed by atoms with E-state index in [4.69, 9.17) is 0 Å². The first kappa shape index (κ1) is 40.9. The van der Waals surface area contributed by atoms with Crippen molar-refractivity contribution in [2.24, 2.45) is 5.92 Å². The van der Waals surface area contributed by atoms with E-state index in [-0.39, 0.29) is 0 Å². The molecule has 5 unspecified atom stereocenters. The average Bonchev–Trinajstić information content (AvgIpc) is 3.37. The summed E-state index contributed by atoms with van der Waals surface area (Å²) in [4.78, 5) is 5.55. The largest absolute Gasteiger partial charge is 0.361 e. The summed E-state index contributed by atoms with van der Waals surface area (Å²) < 4.78 is 0. The highest BCUT2D eigenvalue weighted by atomic mass is 15.2. The summed E-state index contributed by atoms with van der Waals surface area (Å²) in [5.74, 6) is 1.08. The van der Waals surface area contributed by atoms with Gasteiger partial charge in [0.15, 0.2) is 0 Å². The Morgan fingerprint density at radius 1 is 0.492 bits per heavy atom. The lowest BCUT2D eigenvalue weighted by atomic mass is 9.80. The monoisotopic (exact) mass is 822 g/mol. The molecule has 0 saturated heterocycles. The number of nitrogens with zero attached hydrogens (tertiary/aromatic N) is 2. The van der Waals surface area contributed by atoms with Gasteiger partial charge in [-0.25, -0.2) is 0 Å². The van der Waals surface area contributed by atoms with Crippen molar-refractivity contribution >= 4 is 11.1 Å². The lowest BCUT2D eigenvalue weighted by molar-refractivity contribution is 0.225. The van der Waals surface area contributed by atoms with Crippen LogP contribution in [0.1, 0.15) is 100 Å². The molecule has 5 atom stereocenters. The second-order valence-electron chi connectivity index (χ2n) is 18.4. The van der Waals surface area contributed by atoms with Crippen LogP contribution in [0.5, 0.6) is 0 Å². The van der Waals surface area contributed by atoms with Gasteiger partial charge in [0.2, 0.25) is 0 Å². The molecule has 0 spiro atoms. The van der Waals surface area contributed by atoms with E-state index < -0.39 is 0 Å². The van der Waals surface area contributed by atoms with Gasteiger partial charge in [-0.15, -0.1) is 0 Å². The molecule has 0 radical (unpaired) electrons. The van der Waals surface area contributed by atoms with E-state index in [0.717, 1.165) is 57.8 Å². The highest BCUT2D eigenvalue weighted by Gasteiger charge is 2.34. The lowest BCUT2D eigenvalue weighted by Gasteiger charge is -2.44. The highest BCUT2D eigenvalue weighted by Crippen LogP contribution is 2.43. The molecule has 0 aliphatic heterocycles. The molecule has 6 aliphatic carbocycles. The van der Waals surface area contributed by atoms with Crippen LogP contribution < -0.4 is 0 Å². The minimum atomic E-state index is 0.336. The van der Waals surface area contributed by atoms with Gasteiger partial charge in [-0.1, -0.05) is 189 Å². The predicted octanol–water partition coefficient (Wildman–Crippen LogP) is 15.5. The molecule has 0 fully saturated rings. The Morgan fingerprint density at radius 3 is 1.76 bits per heavy atom. The Hall–Kier alpha value is -6.12. The Balaban J connectivity index is 0.853. The summed E-state index contributed by atoms with van der Waals surface area (Å²) in [7, 11) is 0. The van der Waals surface area contributed by atoms with E-state index >= 15 is 0 Å². The van der Waals surface area contributed by atoms with Crippen molar-refractivity contribution in [3.63, 3.8) is 0 Å². The van der Waals surface area contributed by atoms with Gasteiger partial charge in [0.05, 0.1) is 12.1 Å². The Morgan fingerprint density at radius 2 is 1.16 bits per heavy atom. The van der Waals surface area contributed by atoms with Gasteiger partial charge in [0.1, 0.15) is 0 Å². The summed E-state index contributed by atoms with van der Waals surface area (Å²) >= 11 is 0. The minimum absolute atomic E-state index is 0.336. The standard InChI is InChI=1S/C61H62N2/c1-45-44-55(48-18-10-4-11-19-48)34-43-61(45)63(59-39-30-51(31-40-59)47-16-8-3-9-17-47)60-41-32-54(33-42-60)53-28-37-58(38-29-53)62(56-20-12-5-13-21-56)57-35-26-52(27-36-57)50-24-22-49(23-25-50)46-14-6-2-7-15-46/h2-12,14-20,22-29,32,35,37,39,41,44-45,51,57-58,61H,13,21,30-31,33-34,36,38,40,42-43H2,1H3. The molecule has 4 aromatic rings. The maximum Gasteiger partial charge on any atom is 0.0514 e. The highest BCUT2D eigenvalue weighted by molar-refractivity contribution is 5.77. The molecule has 4 aromatic carbocycles. The number of hydrogen-bond acceptors (Lipinski definition) is 2. The van der Waals surface area contributed by atoms with Gasteiger partial charge in [0, 0.05) is 23.1 Å². The summed E-state index contributed by atoms with van der Waals surface area (Å²) in [6.07, 6.45) is 44.0. The normalized spacial score (nSPS) is 24.5. The fraction of sp³-hybridized carbons (Fsp3) is 0.279. The number of benzene rings is 4. The second-order valence-corrected chi connectivity index (χ2v) is 18.4. The maximum atomic E-state index is 2.82. The topological polar surface area (TPSA) is 6.48 Å². The zero-order valence-corrected chi connectivity index (χ0v) is 37.0. The van der Waals surface area contributed by atoms with Gasteiger partial charge in [-0.05, 0) is 145 Å². The van der Waals surface area contributed by atoms with Crippen molar-refractivity contribution < 1.29 is 0 Å². The first-order chi connectivity index (χ1) is 31.1. The smallest absolute Gasteiger partial charge is 0.0514 e. The molecule has 316 valence electrons. The first-order valence-electron chi connectivity index (χ1n) is 23.9. The van der Waals surface area contributed by atoms with E-state index in [2.05, 4.69) is 211 Å². The van der Waals surface area contributed by atoms with Gasteiger partial charge in [-0.3, -0.25) is 0 Å². The van der Waals surface area contributed by atoms with Crippen molar-refractivity contribution in [1.82, 2.24) is 9.80 Å². The van der Waals surface area contributed by atoms with E-state index in [1.807, 2.05) is 0 Å². The number of rotatable bonds is 11. The summed E-state index contributed by atoms with van der Waals surface area (Å²) in [5.41, 5.74) is 16.9. The average molecular weight is 823 g/mol. The summed E-state index contributed by atoms with van der Waals surface area (Å²) in [6, 6.07) is 43.1. The fourth-order valence-corrected chi connectivity index (χ4v) is 11.1. The van der Waals surface area contributed by atoms with E-state index in [1.165, 1.54) is 74.3 Å². The third kappa shape index (κ3) is 9.19. The molecular weight excluding hydrogens is 761 g/mol. The van der Waals surface area contributed by atoms with Gasteiger partial charge < -0.3 is 9.80 Å². The van der Waals surface area contributed by atoms with E-state index in [0.29, 0.717) is 30.0 Å². The second kappa shape index (κ2) is 19.1. The van der Waals surface area contributed by atoms with Crippen LogP contribution in [0.4, 0.5) is 0 Å². The van der Waals surface area contributed by atoms with E-state index in [9.17, 15) is 0 Å². The van der Waals surface area contributed by atoms with Crippen molar-refractivity contribution in [3.05, 3.63) is 239 Å². The number of hydrogen-bond donors (Lipinski definition) is 0. The number of allylic oxidation sites excluding steroid dienone is 15. The molecule has 2 nitrogen and oxygen atoms in total. The molecule has 0 N–H and O–H groups in total. The Kier molecular flexibility index (Phi) is 12.4. The summed E-state index contributed by atoms with van der Waals surface area (Å²) in [5, 5.41) is 0. The molecule has 63 heavy (non-hydrogen) atoms. The van der Waals surface area contributed by atoms with Gasteiger partial charge >= 0.3 is 0 Å². The first-order valence-corrected chi connectivity index (χ1v) is 23.9. The molecule has 0 aromatic heterocycles. The van der Waals surface area contributed by atoms with Crippen molar-refractivity contribution in [2.75, 3.05) is 0 Å². The minimum Gasteiger partial charge on any atom is -0.361 e. The fourth-order valence-electron chi connectivity index (χ4n) is 11.1. The predicted molar refractivity (Wildman–Crippen MR) is 266 cm³/mol. The van der Waals surface area contributed by atoms with Gasteiger partial charge in [-0.2, -0.15) is 0 Å². The summed E-state index contributed by atoms with van der Waals surface area (Å²) in [6.45, 7) is 2.46. The van der Waals surface area contributed by atoms with Crippen LogP contribution in [0.15, 0.2) is 222 Å². The molecule has 10 rings (SSSR count).